The quantitative estimate of drug-likeness (QED) is 0.591. The number of sulfone groups is 1. The highest BCUT2D eigenvalue weighted by molar-refractivity contribution is 7.90. The minimum absolute atomic E-state index is 0.000556. The van der Waals surface area contributed by atoms with Crippen molar-refractivity contribution >= 4 is 21.7 Å². The average Bonchev–Trinajstić information content (AvgIpc) is 2.59. The van der Waals surface area contributed by atoms with Crippen molar-refractivity contribution in [2.24, 2.45) is 16.5 Å². The van der Waals surface area contributed by atoms with Gasteiger partial charge >= 0.3 is 0 Å². The predicted molar refractivity (Wildman–Crippen MR) is 83.9 cm³/mol. The molecule has 2 aromatic carbocycles. The minimum atomic E-state index is -3.80. The number of nitrogens with two attached hydrogens (primary N) is 2. The first-order valence-electron chi connectivity index (χ1n) is 6.73. The van der Waals surface area contributed by atoms with Crippen molar-refractivity contribution in [3.05, 3.63) is 53.3 Å². The molecule has 0 unspecified atom stereocenters. The van der Waals surface area contributed by atoms with Crippen molar-refractivity contribution < 1.29 is 22.3 Å². The van der Waals surface area contributed by atoms with Crippen LogP contribution in [-0.2, 0) is 15.6 Å². The Hall–Kier alpha value is -2.94. The summed E-state index contributed by atoms with van der Waals surface area (Å²) in [5.74, 6) is -2.02. The fourth-order valence-corrected chi connectivity index (χ4v) is 3.82. The minimum Gasteiger partial charge on any atom is -0.456 e. The van der Waals surface area contributed by atoms with Crippen LogP contribution in [0, 0.1) is 5.82 Å². The van der Waals surface area contributed by atoms with Crippen molar-refractivity contribution in [2.75, 3.05) is 0 Å². The lowest BCUT2D eigenvalue weighted by Gasteiger charge is -2.08. The summed E-state index contributed by atoms with van der Waals surface area (Å²) < 4.78 is 44.0. The van der Waals surface area contributed by atoms with Crippen molar-refractivity contribution in [2.45, 2.75) is 10.6 Å². The molecule has 0 atom stereocenters. The Bertz CT molecular complexity index is 982. The molecular weight excluding hydrogens is 337 g/mol. The van der Waals surface area contributed by atoms with Crippen LogP contribution in [0.5, 0.6) is 11.5 Å². The monoisotopic (exact) mass is 349 g/mol. The van der Waals surface area contributed by atoms with Crippen LogP contribution in [0.2, 0.25) is 0 Å². The number of nitrogens with zero attached hydrogens (tertiary/aromatic N) is 1. The van der Waals surface area contributed by atoms with E-state index in [0.29, 0.717) is 5.56 Å². The Morgan fingerprint density at radius 2 is 1.88 bits per heavy atom. The maximum Gasteiger partial charge on any atom is 0.280 e. The third-order valence-electron chi connectivity index (χ3n) is 3.35. The molecule has 4 N–H and O–H groups in total. The van der Waals surface area contributed by atoms with E-state index >= 15 is 0 Å². The van der Waals surface area contributed by atoms with E-state index in [1.54, 1.807) is 0 Å². The van der Waals surface area contributed by atoms with E-state index in [4.69, 9.17) is 16.2 Å². The highest BCUT2D eigenvalue weighted by atomic mass is 32.2. The van der Waals surface area contributed by atoms with Crippen LogP contribution in [0.1, 0.15) is 15.9 Å². The smallest absolute Gasteiger partial charge is 0.280 e. The van der Waals surface area contributed by atoms with Gasteiger partial charge in [0, 0.05) is 17.2 Å². The van der Waals surface area contributed by atoms with Crippen LogP contribution < -0.4 is 16.2 Å². The number of guanidine groups is 1. The number of carbonyl (C=O) groups is 1. The number of benzene rings is 2. The lowest BCUT2D eigenvalue weighted by atomic mass is 10.2. The molecule has 2 aromatic rings. The molecule has 0 saturated carbocycles. The van der Waals surface area contributed by atoms with Crippen molar-refractivity contribution in [1.82, 2.24) is 0 Å². The van der Waals surface area contributed by atoms with E-state index in [-0.39, 0.29) is 27.7 Å². The van der Waals surface area contributed by atoms with Crippen LogP contribution >= 0.6 is 0 Å². The molecule has 3 rings (SSSR count). The topological polar surface area (TPSA) is 125 Å². The summed E-state index contributed by atoms with van der Waals surface area (Å²) in [5, 5.41) is 0. The number of hydrogen-bond acceptors (Lipinski definition) is 4. The first-order chi connectivity index (χ1) is 11.3. The Balaban J connectivity index is 2.14. The normalized spacial score (nSPS) is 14.5. The lowest BCUT2D eigenvalue weighted by Crippen LogP contribution is -2.24. The van der Waals surface area contributed by atoms with E-state index in [1.165, 1.54) is 18.2 Å². The molecule has 0 bridgehead atoms. The van der Waals surface area contributed by atoms with Gasteiger partial charge in [0.25, 0.3) is 5.91 Å². The summed E-state index contributed by atoms with van der Waals surface area (Å²) in [6.45, 7) is 0. The SMILES string of the molecule is NC(N)=NC(=O)c1ccc2c(c1)S(=O)(=O)Cc1ccc(F)cc1O2. The molecule has 1 aliphatic heterocycles. The predicted octanol–water partition coefficient (Wildman–Crippen LogP) is 1.32. The van der Waals surface area contributed by atoms with Gasteiger partial charge < -0.3 is 16.2 Å². The van der Waals surface area contributed by atoms with Crippen LogP contribution in [-0.4, -0.2) is 20.3 Å². The molecule has 24 heavy (non-hydrogen) atoms. The molecule has 0 aromatic heterocycles. The molecule has 124 valence electrons. The molecule has 0 saturated heterocycles. The Morgan fingerprint density at radius 3 is 2.58 bits per heavy atom. The van der Waals surface area contributed by atoms with Crippen molar-refractivity contribution in [1.29, 1.82) is 0 Å². The van der Waals surface area contributed by atoms with Gasteiger partial charge in [0.2, 0.25) is 0 Å². The van der Waals surface area contributed by atoms with Gasteiger partial charge in [-0.3, -0.25) is 4.79 Å². The van der Waals surface area contributed by atoms with Crippen LogP contribution in [0.3, 0.4) is 0 Å². The van der Waals surface area contributed by atoms with Gasteiger partial charge in [0.05, 0.1) is 5.75 Å². The average molecular weight is 349 g/mol. The first-order valence-corrected chi connectivity index (χ1v) is 8.38. The maximum atomic E-state index is 13.4. The number of rotatable bonds is 1. The lowest BCUT2D eigenvalue weighted by molar-refractivity contribution is 0.100. The zero-order valence-electron chi connectivity index (χ0n) is 12.2. The van der Waals surface area contributed by atoms with E-state index in [1.807, 2.05) is 0 Å². The molecule has 0 spiro atoms. The molecular formula is C15H12FN3O4S. The highest BCUT2D eigenvalue weighted by Gasteiger charge is 2.28. The molecule has 1 aliphatic rings. The first kappa shape index (κ1) is 15.9. The second kappa shape index (κ2) is 5.60. The number of fused-ring (bicyclic) bond motifs is 2. The molecule has 7 nitrogen and oxygen atoms in total. The molecule has 0 fully saturated rings. The number of carbonyl (C=O) groups excluding carboxylic acids is 1. The molecule has 9 heteroatoms. The van der Waals surface area contributed by atoms with E-state index in [9.17, 15) is 17.6 Å². The van der Waals surface area contributed by atoms with Gasteiger partial charge in [0.15, 0.2) is 15.8 Å². The van der Waals surface area contributed by atoms with E-state index in [2.05, 4.69) is 4.99 Å². The van der Waals surface area contributed by atoms with Gasteiger partial charge in [-0.15, -0.1) is 0 Å². The van der Waals surface area contributed by atoms with E-state index < -0.39 is 27.5 Å². The number of halogens is 1. The van der Waals surface area contributed by atoms with Crippen molar-refractivity contribution in [3.63, 3.8) is 0 Å². The van der Waals surface area contributed by atoms with Crippen LogP contribution in [0.25, 0.3) is 0 Å². The molecule has 0 aliphatic carbocycles. The van der Waals surface area contributed by atoms with Crippen molar-refractivity contribution in [3.8, 4) is 11.5 Å². The number of amides is 1. The zero-order valence-corrected chi connectivity index (χ0v) is 13.0. The third-order valence-corrected chi connectivity index (χ3v) is 5.03. The zero-order chi connectivity index (χ0) is 17.5. The third kappa shape index (κ3) is 2.93. The molecule has 0 radical (unpaired) electrons. The van der Waals surface area contributed by atoms with Crippen LogP contribution in [0.4, 0.5) is 4.39 Å². The summed E-state index contributed by atoms with van der Waals surface area (Å²) in [4.78, 5) is 15.1. The fourth-order valence-electron chi connectivity index (χ4n) is 2.29. The van der Waals surface area contributed by atoms with Gasteiger partial charge in [-0.25, -0.2) is 12.8 Å². The number of hydrogen-bond donors (Lipinski definition) is 2. The summed E-state index contributed by atoms with van der Waals surface area (Å²) >= 11 is 0. The Labute approximate surface area is 136 Å². The number of ether oxygens (including phenoxy) is 1. The van der Waals surface area contributed by atoms with Gasteiger partial charge in [-0.2, -0.15) is 4.99 Å². The van der Waals surface area contributed by atoms with Crippen LogP contribution in [0.15, 0.2) is 46.3 Å². The van der Waals surface area contributed by atoms with Gasteiger partial charge in [0.1, 0.15) is 22.2 Å². The summed E-state index contributed by atoms with van der Waals surface area (Å²) in [5.41, 5.74) is 10.6. The molecule has 1 heterocycles. The van der Waals surface area contributed by atoms with Gasteiger partial charge in [-0.05, 0) is 24.3 Å². The Kier molecular flexibility index (Phi) is 3.72. The maximum absolute atomic E-state index is 13.4. The second-order valence-corrected chi connectivity index (χ2v) is 7.07. The van der Waals surface area contributed by atoms with Gasteiger partial charge in [-0.1, -0.05) is 6.07 Å². The summed E-state index contributed by atoms with van der Waals surface area (Å²) in [7, 11) is -3.80. The highest BCUT2D eigenvalue weighted by Crippen LogP contribution is 2.38. The fraction of sp³-hybridized carbons (Fsp3) is 0.0667. The largest absolute Gasteiger partial charge is 0.456 e. The summed E-state index contributed by atoms with van der Waals surface area (Å²) in [6.07, 6.45) is 0. The van der Waals surface area contributed by atoms with E-state index in [0.717, 1.165) is 18.2 Å². The Morgan fingerprint density at radius 1 is 1.12 bits per heavy atom. The standard InChI is InChI=1S/C15H12FN3O4S/c16-10-3-1-9-7-24(21,22)13-5-8(14(20)19-15(17)18)2-4-11(13)23-12(9)6-10/h1-6H,7H2,(H4,17,18,19,20). The number of aliphatic imine (C=N–C) groups is 1. The summed E-state index contributed by atoms with van der Waals surface area (Å²) in [6, 6.07) is 7.39. The second-order valence-electron chi connectivity index (χ2n) is 5.12. The molecule has 1 amide bonds.